The van der Waals surface area contributed by atoms with Crippen molar-refractivity contribution >= 4 is 16.0 Å². The van der Waals surface area contributed by atoms with E-state index in [1.165, 1.54) is 50.3 Å². The van der Waals surface area contributed by atoms with E-state index < -0.39 is 28.1 Å². The highest BCUT2D eigenvalue weighted by atomic mass is 32.2. The Morgan fingerprint density at radius 3 is 1.88 bits per heavy atom. The Morgan fingerprint density at radius 1 is 0.923 bits per heavy atom. The van der Waals surface area contributed by atoms with Crippen LogP contribution in [0.25, 0.3) is 0 Å². The van der Waals surface area contributed by atoms with Gasteiger partial charge in [0, 0.05) is 19.5 Å². The van der Waals surface area contributed by atoms with Crippen LogP contribution >= 0.6 is 0 Å². The van der Waals surface area contributed by atoms with Crippen LogP contribution in [-0.4, -0.2) is 65.0 Å². The fraction of sp³-hybridized carbons (Fsp3) is 0.944. The van der Waals surface area contributed by atoms with E-state index in [9.17, 15) is 23.4 Å². The lowest BCUT2D eigenvalue weighted by atomic mass is 10.1. The molecule has 0 heterocycles. The summed E-state index contributed by atoms with van der Waals surface area (Å²) in [5.41, 5.74) is 0. The number of unbranched alkanes of at least 4 members (excludes halogenated alkanes) is 8. The van der Waals surface area contributed by atoms with Gasteiger partial charge in [-0.2, -0.15) is 8.42 Å². The zero-order chi connectivity index (χ0) is 20.0. The minimum atomic E-state index is -4.31. The molecule has 0 bridgehead atoms. The molecule has 26 heavy (non-hydrogen) atoms. The van der Waals surface area contributed by atoms with Crippen molar-refractivity contribution in [3.05, 3.63) is 0 Å². The molecule has 1 amide bonds. The number of carbonyl (C=O) groups excluding carboxylic acids is 1. The molecule has 0 radical (unpaired) electrons. The molecule has 0 aromatic rings. The molecule has 3 N–H and O–H groups in total. The first-order valence-electron chi connectivity index (χ1n) is 9.74. The van der Waals surface area contributed by atoms with Gasteiger partial charge in [-0.05, 0) is 13.3 Å². The molecule has 0 rings (SSSR count). The SMILES string of the molecule is CCCCCCCCCCCC(=O)N(CC(C)O)CC(O)CS(=O)(=O)O. The Bertz CT molecular complexity index is 466. The summed E-state index contributed by atoms with van der Waals surface area (Å²) in [6.07, 6.45) is 8.40. The summed E-state index contributed by atoms with van der Waals surface area (Å²) in [5, 5.41) is 19.2. The fourth-order valence-electron chi connectivity index (χ4n) is 2.89. The molecule has 0 aliphatic rings. The molecule has 0 aromatic carbocycles. The molecule has 2 unspecified atom stereocenters. The lowest BCUT2D eigenvalue weighted by Crippen LogP contribution is -2.43. The molecule has 0 aromatic heterocycles. The third kappa shape index (κ3) is 15.5. The number of aliphatic hydroxyl groups is 2. The summed E-state index contributed by atoms with van der Waals surface area (Å²) in [7, 11) is -4.31. The Hall–Kier alpha value is -0.700. The Balaban J connectivity index is 4.11. The highest BCUT2D eigenvalue weighted by Gasteiger charge is 2.22. The van der Waals surface area contributed by atoms with Gasteiger partial charge in [0.05, 0.1) is 12.2 Å². The maximum atomic E-state index is 12.3. The molecule has 0 fully saturated rings. The molecule has 7 nitrogen and oxygen atoms in total. The van der Waals surface area contributed by atoms with Crippen LogP contribution in [-0.2, 0) is 14.9 Å². The second-order valence-corrected chi connectivity index (χ2v) is 8.63. The second kappa shape index (κ2) is 14.4. The van der Waals surface area contributed by atoms with Crippen LogP contribution in [0.2, 0.25) is 0 Å². The van der Waals surface area contributed by atoms with Crippen LogP contribution in [0.4, 0.5) is 0 Å². The number of hydrogen-bond acceptors (Lipinski definition) is 5. The molecule has 0 aliphatic heterocycles. The highest BCUT2D eigenvalue weighted by Crippen LogP contribution is 2.12. The minimum absolute atomic E-state index is 0.0266. The Kier molecular flexibility index (Phi) is 14.0. The summed E-state index contributed by atoms with van der Waals surface area (Å²) in [4.78, 5) is 13.5. The number of rotatable bonds is 16. The van der Waals surface area contributed by atoms with Crippen molar-refractivity contribution in [1.29, 1.82) is 0 Å². The van der Waals surface area contributed by atoms with E-state index in [-0.39, 0.29) is 19.0 Å². The normalized spacial score (nSPS) is 14.2. The molecule has 2 atom stereocenters. The van der Waals surface area contributed by atoms with Crippen molar-refractivity contribution in [2.24, 2.45) is 0 Å². The van der Waals surface area contributed by atoms with Crippen molar-refractivity contribution in [3.63, 3.8) is 0 Å². The summed E-state index contributed by atoms with van der Waals surface area (Å²) in [6.45, 7) is 3.52. The van der Waals surface area contributed by atoms with Crippen LogP contribution in [0, 0.1) is 0 Å². The number of amides is 1. The van der Waals surface area contributed by atoms with Crippen molar-refractivity contribution in [3.8, 4) is 0 Å². The summed E-state index contributed by atoms with van der Waals surface area (Å²) >= 11 is 0. The van der Waals surface area contributed by atoms with E-state index in [4.69, 9.17) is 4.55 Å². The molecule has 156 valence electrons. The molecule has 0 saturated heterocycles. The summed E-state index contributed by atoms with van der Waals surface area (Å²) in [5.74, 6) is -1.04. The van der Waals surface area contributed by atoms with Crippen molar-refractivity contribution in [2.75, 3.05) is 18.8 Å². The standard InChI is InChI=1S/C18H37NO6S/c1-3-4-5-6-7-8-9-10-11-12-18(22)19(13-16(2)20)14-17(21)15-26(23,24)25/h16-17,20-21H,3-15H2,1-2H3,(H,23,24,25). The molecular formula is C18H37NO6S. The van der Waals surface area contributed by atoms with E-state index >= 15 is 0 Å². The quantitative estimate of drug-likeness (QED) is 0.273. The largest absolute Gasteiger partial charge is 0.392 e. The van der Waals surface area contributed by atoms with Crippen LogP contribution in [0.1, 0.15) is 78.1 Å². The van der Waals surface area contributed by atoms with Gasteiger partial charge in [0.25, 0.3) is 10.1 Å². The smallest absolute Gasteiger partial charge is 0.267 e. The van der Waals surface area contributed by atoms with Gasteiger partial charge in [-0.25, -0.2) is 0 Å². The zero-order valence-corrected chi connectivity index (χ0v) is 17.1. The zero-order valence-electron chi connectivity index (χ0n) is 16.3. The van der Waals surface area contributed by atoms with Gasteiger partial charge in [-0.3, -0.25) is 9.35 Å². The predicted octanol–water partition coefficient (Wildman–Crippen LogP) is 2.37. The summed E-state index contributed by atoms with van der Waals surface area (Å²) < 4.78 is 30.4. The fourth-order valence-corrected chi connectivity index (χ4v) is 3.48. The van der Waals surface area contributed by atoms with Crippen LogP contribution in [0.15, 0.2) is 0 Å². The number of aliphatic hydroxyl groups excluding tert-OH is 2. The molecule has 8 heteroatoms. The van der Waals surface area contributed by atoms with Crippen LogP contribution in [0.5, 0.6) is 0 Å². The maximum absolute atomic E-state index is 12.3. The third-order valence-electron chi connectivity index (χ3n) is 4.17. The Morgan fingerprint density at radius 2 is 1.42 bits per heavy atom. The number of hydrogen-bond donors (Lipinski definition) is 3. The van der Waals surface area contributed by atoms with E-state index in [0.29, 0.717) is 6.42 Å². The van der Waals surface area contributed by atoms with E-state index in [0.717, 1.165) is 19.3 Å². The Labute approximate surface area is 158 Å². The van der Waals surface area contributed by atoms with Gasteiger partial charge < -0.3 is 15.1 Å². The summed E-state index contributed by atoms with van der Waals surface area (Å²) in [6, 6.07) is 0. The van der Waals surface area contributed by atoms with Crippen LogP contribution < -0.4 is 0 Å². The lowest BCUT2D eigenvalue weighted by Gasteiger charge is -2.26. The minimum Gasteiger partial charge on any atom is -0.392 e. The van der Waals surface area contributed by atoms with E-state index in [2.05, 4.69) is 6.92 Å². The van der Waals surface area contributed by atoms with Crippen molar-refractivity contribution in [2.45, 2.75) is 90.3 Å². The first kappa shape index (κ1) is 25.3. The third-order valence-corrected chi connectivity index (χ3v) is 4.97. The molecule has 0 spiro atoms. The van der Waals surface area contributed by atoms with Gasteiger partial charge in [-0.15, -0.1) is 0 Å². The predicted molar refractivity (Wildman–Crippen MR) is 103 cm³/mol. The van der Waals surface area contributed by atoms with Gasteiger partial charge in [0.15, 0.2) is 0 Å². The average Bonchev–Trinajstić information content (AvgIpc) is 2.50. The van der Waals surface area contributed by atoms with Crippen molar-refractivity contribution in [1.82, 2.24) is 4.90 Å². The van der Waals surface area contributed by atoms with Gasteiger partial charge in [0.1, 0.15) is 5.75 Å². The highest BCUT2D eigenvalue weighted by molar-refractivity contribution is 7.85. The first-order valence-corrected chi connectivity index (χ1v) is 11.4. The van der Waals surface area contributed by atoms with E-state index in [1.54, 1.807) is 0 Å². The van der Waals surface area contributed by atoms with Crippen LogP contribution in [0.3, 0.4) is 0 Å². The molecule has 0 aliphatic carbocycles. The van der Waals surface area contributed by atoms with Gasteiger partial charge >= 0.3 is 0 Å². The van der Waals surface area contributed by atoms with Gasteiger partial charge in [-0.1, -0.05) is 58.3 Å². The lowest BCUT2D eigenvalue weighted by molar-refractivity contribution is -0.134. The number of carbonyl (C=O) groups is 1. The molecule has 0 saturated carbocycles. The topological polar surface area (TPSA) is 115 Å². The number of nitrogens with zero attached hydrogens (tertiary/aromatic N) is 1. The second-order valence-electron chi connectivity index (χ2n) is 7.13. The molecular weight excluding hydrogens is 358 g/mol. The van der Waals surface area contributed by atoms with Gasteiger partial charge in [0.2, 0.25) is 5.91 Å². The first-order chi connectivity index (χ1) is 12.2. The van der Waals surface area contributed by atoms with Crippen molar-refractivity contribution < 1.29 is 28.0 Å². The van der Waals surface area contributed by atoms with E-state index in [1.807, 2.05) is 0 Å². The maximum Gasteiger partial charge on any atom is 0.267 e. The average molecular weight is 396 g/mol. The monoisotopic (exact) mass is 395 g/mol.